The predicted octanol–water partition coefficient (Wildman–Crippen LogP) is 1.87. The maximum absolute atomic E-state index is 12.6. The molecule has 6 rings (SSSR count). The van der Waals surface area contributed by atoms with E-state index < -0.39 is 0 Å². The predicted molar refractivity (Wildman–Crippen MR) is 117 cm³/mol. The third kappa shape index (κ3) is 3.42. The van der Waals surface area contributed by atoms with Crippen LogP contribution >= 0.6 is 0 Å². The van der Waals surface area contributed by atoms with Gasteiger partial charge in [0.1, 0.15) is 11.6 Å². The first kappa shape index (κ1) is 20.5. The molecule has 0 aliphatic carbocycles. The number of aromatic nitrogens is 4. The molecular weight excluding hydrogens is 458 g/mol. The van der Waals surface area contributed by atoms with Gasteiger partial charge in [-0.15, -0.1) is 0 Å². The Morgan fingerprint density at radius 3 is 2.29 bits per heavy atom. The first-order chi connectivity index (χ1) is 14.8. The van der Waals surface area contributed by atoms with Crippen LogP contribution in [-0.4, -0.2) is 19.5 Å². The standard InChI is InChI=1S/C25H16N4O.Rb/c30-21-10-4-1-7-18(21)25-27-19-8-2-3-9-20(19)29(25)22-14-13-17-12-11-16-6-5-15-26-23(16)24(17)28-22;/h1-15,30H;/q;+1/p-1. The first-order valence-corrected chi connectivity index (χ1v) is 9.68. The largest absolute Gasteiger partial charge is 1.00 e. The average Bonchev–Trinajstić information content (AvgIpc) is 3.18. The van der Waals surface area contributed by atoms with E-state index in [1.54, 1.807) is 24.4 Å². The maximum Gasteiger partial charge on any atom is 1.00 e. The van der Waals surface area contributed by atoms with Gasteiger partial charge in [0.25, 0.3) is 0 Å². The summed E-state index contributed by atoms with van der Waals surface area (Å²) in [5, 5.41) is 14.6. The van der Waals surface area contributed by atoms with E-state index in [0.717, 1.165) is 32.8 Å². The number of benzene rings is 3. The summed E-state index contributed by atoms with van der Waals surface area (Å²) in [6, 6.07) is 26.9. The molecule has 0 spiro atoms. The van der Waals surface area contributed by atoms with Gasteiger partial charge in [-0.2, -0.15) is 0 Å². The van der Waals surface area contributed by atoms with Crippen molar-refractivity contribution in [2.24, 2.45) is 0 Å². The molecule has 5 nitrogen and oxygen atoms in total. The molecule has 6 aromatic rings. The summed E-state index contributed by atoms with van der Waals surface area (Å²) in [5.41, 5.74) is 3.94. The van der Waals surface area contributed by atoms with E-state index >= 15 is 0 Å². The Morgan fingerprint density at radius 1 is 0.677 bits per heavy atom. The van der Waals surface area contributed by atoms with Gasteiger partial charge >= 0.3 is 58.2 Å². The first-order valence-electron chi connectivity index (χ1n) is 9.68. The van der Waals surface area contributed by atoms with Crippen LogP contribution in [0.2, 0.25) is 0 Å². The van der Waals surface area contributed by atoms with E-state index in [4.69, 9.17) is 9.97 Å². The van der Waals surface area contributed by atoms with Crippen molar-refractivity contribution in [1.29, 1.82) is 0 Å². The second-order valence-corrected chi connectivity index (χ2v) is 7.14. The fourth-order valence-corrected chi connectivity index (χ4v) is 3.93. The van der Waals surface area contributed by atoms with E-state index in [-0.39, 0.29) is 63.9 Å². The van der Waals surface area contributed by atoms with E-state index in [1.165, 1.54) is 0 Å². The maximum atomic E-state index is 12.6. The number of para-hydroxylation sites is 3. The number of rotatable bonds is 2. The van der Waals surface area contributed by atoms with Crippen molar-refractivity contribution in [2.75, 3.05) is 0 Å². The zero-order valence-electron chi connectivity index (χ0n) is 16.9. The molecule has 6 heteroatoms. The molecule has 3 heterocycles. The number of nitrogens with zero attached hydrogens (tertiary/aromatic N) is 4. The van der Waals surface area contributed by atoms with Gasteiger partial charge in [-0.25, -0.2) is 9.97 Å². The summed E-state index contributed by atoms with van der Waals surface area (Å²) in [6.45, 7) is 0. The Hall–Kier alpha value is -2.44. The topological polar surface area (TPSA) is 66.7 Å². The molecule has 3 aromatic carbocycles. The quantitative estimate of drug-likeness (QED) is 0.361. The van der Waals surface area contributed by atoms with Crippen molar-refractivity contribution in [3.05, 3.63) is 91.1 Å². The van der Waals surface area contributed by atoms with Crippen molar-refractivity contribution in [3.8, 4) is 23.0 Å². The van der Waals surface area contributed by atoms with Crippen LogP contribution in [0.4, 0.5) is 0 Å². The zero-order chi connectivity index (χ0) is 20.1. The second kappa shape index (κ2) is 8.24. The molecule has 0 aliphatic rings. The number of fused-ring (bicyclic) bond motifs is 4. The van der Waals surface area contributed by atoms with Crippen molar-refractivity contribution in [1.82, 2.24) is 19.5 Å². The van der Waals surface area contributed by atoms with Gasteiger partial charge < -0.3 is 5.11 Å². The average molecular weight is 473 g/mol. The molecular formula is C25H15N4ORb. The summed E-state index contributed by atoms with van der Waals surface area (Å²) in [5.74, 6) is 1.22. The molecule has 0 unspecified atom stereocenters. The molecule has 3 aromatic heterocycles. The van der Waals surface area contributed by atoms with Crippen LogP contribution in [0.3, 0.4) is 0 Å². The monoisotopic (exact) mass is 472 g/mol. The molecule has 0 radical (unpaired) electrons. The minimum atomic E-state index is -0.0676. The van der Waals surface area contributed by atoms with Gasteiger partial charge in [-0.1, -0.05) is 60.3 Å². The molecule has 0 aliphatic heterocycles. The Morgan fingerprint density at radius 2 is 1.42 bits per heavy atom. The van der Waals surface area contributed by atoms with Crippen LogP contribution in [0, 0.1) is 0 Å². The van der Waals surface area contributed by atoms with Crippen LogP contribution in [0.1, 0.15) is 0 Å². The van der Waals surface area contributed by atoms with Gasteiger partial charge in [0.2, 0.25) is 0 Å². The Balaban J connectivity index is 0.00000204. The fourth-order valence-electron chi connectivity index (χ4n) is 3.93. The van der Waals surface area contributed by atoms with Crippen LogP contribution < -0.4 is 63.3 Å². The molecule has 31 heavy (non-hydrogen) atoms. The van der Waals surface area contributed by atoms with E-state index in [9.17, 15) is 5.11 Å². The minimum Gasteiger partial charge on any atom is -0.872 e. The smallest absolute Gasteiger partial charge is 0.872 e. The van der Waals surface area contributed by atoms with Crippen LogP contribution in [-0.2, 0) is 0 Å². The third-order valence-corrected chi connectivity index (χ3v) is 5.34. The summed E-state index contributed by atoms with van der Waals surface area (Å²) in [4.78, 5) is 14.3. The molecule has 0 bridgehead atoms. The number of hydrogen-bond donors (Lipinski definition) is 0. The Labute approximate surface area is 227 Å². The molecule has 0 saturated heterocycles. The molecule has 0 atom stereocenters. The summed E-state index contributed by atoms with van der Waals surface area (Å²) < 4.78 is 1.95. The number of hydrogen-bond acceptors (Lipinski definition) is 4. The summed E-state index contributed by atoms with van der Waals surface area (Å²) >= 11 is 0. The van der Waals surface area contributed by atoms with E-state index in [0.29, 0.717) is 17.2 Å². The van der Waals surface area contributed by atoms with E-state index in [2.05, 4.69) is 17.1 Å². The van der Waals surface area contributed by atoms with Crippen molar-refractivity contribution in [2.45, 2.75) is 0 Å². The van der Waals surface area contributed by atoms with Gasteiger partial charge in [-0.3, -0.25) is 9.55 Å². The van der Waals surface area contributed by atoms with E-state index in [1.807, 2.05) is 59.2 Å². The van der Waals surface area contributed by atoms with Crippen LogP contribution in [0.15, 0.2) is 91.1 Å². The molecule has 0 N–H and O–H groups in total. The van der Waals surface area contributed by atoms with Crippen LogP contribution in [0.5, 0.6) is 5.75 Å². The fraction of sp³-hybridized carbons (Fsp3) is 0. The summed E-state index contributed by atoms with van der Waals surface area (Å²) in [6.07, 6.45) is 1.78. The van der Waals surface area contributed by atoms with Gasteiger partial charge in [0.15, 0.2) is 0 Å². The SMILES string of the molecule is [O-]c1ccccc1-c1nc2ccccc2n1-c1ccc2ccc3cccnc3c2n1.[Rb+]. The van der Waals surface area contributed by atoms with Crippen molar-refractivity contribution < 1.29 is 63.3 Å². The molecule has 142 valence electrons. The Bertz CT molecular complexity index is 1570. The second-order valence-electron chi connectivity index (χ2n) is 7.14. The third-order valence-electron chi connectivity index (χ3n) is 5.34. The van der Waals surface area contributed by atoms with Gasteiger partial charge in [0.05, 0.1) is 22.1 Å². The van der Waals surface area contributed by atoms with Crippen molar-refractivity contribution in [3.63, 3.8) is 0 Å². The summed E-state index contributed by atoms with van der Waals surface area (Å²) in [7, 11) is 0. The van der Waals surface area contributed by atoms with Gasteiger partial charge in [0, 0.05) is 22.5 Å². The molecule has 0 amide bonds. The van der Waals surface area contributed by atoms with Crippen LogP contribution in [0.25, 0.3) is 50.0 Å². The van der Waals surface area contributed by atoms with Crippen molar-refractivity contribution >= 4 is 32.8 Å². The molecule has 0 fully saturated rings. The Kier molecular flexibility index (Phi) is 5.44. The zero-order valence-corrected chi connectivity index (χ0v) is 21.8. The number of imidazole rings is 1. The molecule has 0 saturated carbocycles. The van der Waals surface area contributed by atoms with Gasteiger partial charge in [-0.05, 0) is 30.3 Å². The minimum absolute atomic E-state index is 0. The normalized spacial score (nSPS) is 11.1. The number of pyridine rings is 2.